The maximum atomic E-state index is 11.9. The molecule has 2 aromatic rings. The van der Waals surface area contributed by atoms with Crippen molar-refractivity contribution >= 4 is 11.7 Å². The van der Waals surface area contributed by atoms with Gasteiger partial charge in [-0.2, -0.15) is 13.2 Å². The number of hydrogen-bond donors (Lipinski definition) is 3. The Morgan fingerprint density at radius 2 is 2.26 bits per heavy atom. The predicted molar refractivity (Wildman–Crippen MR) is 56.9 cm³/mol. The second kappa shape index (κ2) is 4.63. The first-order valence-corrected chi connectivity index (χ1v) is 4.96. The van der Waals surface area contributed by atoms with Crippen molar-refractivity contribution < 1.29 is 22.4 Å². The predicted octanol–water partition coefficient (Wildman–Crippen LogP) is 0.939. The molecule has 19 heavy (non-hydrogen) atoms. The lowest BCUT2D eigenvalue weighted by Crippen LogP contribution is -2.33. The summed E-state index contributed by atoms with van der Waals surface area (Å²) in [4.78, 5) is 21.4. The van der Waals surface area contributed by atoms with Gasteiger partial charge in [0.2, 0.25) is 5.89 Å². The van der Waals surface area contributed by atoms with Crippen LogP contribution in [-0.2, 0) is 0 Å². The van der Waals surface area contributed by atoms with Gasteiger partial charge in [0.25, 0.3) is 5.91 Å². The first-order valence-electron chi connectivity index (χ1n) is 4.96. The molecule has 7 nitrogen and oxygen atoms in total. The van der Waals surface area contributed by atoms with Gasteiger partial charge >= 0.3 is 6.18 Å². The van der Waals surface area contributed by atoms with E-state index in [0.29, 0.717) is 0 Å². The van der Waals surface area contributed by atoms with Crippen molar-refractivity contribution in [3.63, 3.8) is 0 Å². The summed E-state index contributed by atoms with van der Waals surface area (Å²) in [5.41, 5.74) is 5.44. The molecule has 0 atom stereocenters. The second-order valence-corrected chi connectivity index (χ2v) is 3.50. The largest absolute Gasteiger partial charge is 0.442 e. The number of nitrogens with zero attached hydrogens (tertiary/aromatic N) is 2. The minimum atomic E-state index is -4.49. The highest BCUT2D eigenvalue weighted by Gasteiger charge is 2.28. The third kappa shape index (κ3) is 3.03. The van der Waals surface area contributed by atoms with Crippen molar-refractivity contribution in [1.29, 1.82) is 0 Å². The third-order valence-electron chi connectivity index (χ3n) is 2.07. The molecule has 4 N–H and O–H groups in total. The number of hydrogen-bond acceptors (Lipinski definition) is 5. The average molecular weight is 275 g/mol. The van der Waals surface area contributed by atoms with E-state index in [0.717, 1.165) is 6.26 Å². The SMILES string of the molecule is Nc1nc[nH]c1-c1nc(C(=O)NCC(F)(F)F)co1. The summed E-state index contributed by atoms with van der Waals surface area (Å²) in [6, 6.07) is 0. The molecule has 0 saturated carbocycles. The molecule has 0 spiro atoms. The molecule has 0 unspecified atom stereocenters. The van der Waals surface area contributed by atoms with Gasteiger partial charge in [-0.3, -0.25) is 4.79 Å². The summed E-state index contributed by atoms with van der Waals surface area (Å²) < 4.78 is 40.7. The number of halogens is 3. The van der Waals surface area contributed by atoms with Crippen LogP contribution >= 0.6 is 0 Å². The van der Waals surface area contributed by atoms with Gasteiger partial charge in [0.15, 0.2) is 11.5 Å². The summed E-state index contributed by atoms with van der Waals surface area (Å²) in [6.45, 7) is -1.44. The van der Waals surface area contributed by atoms with Gasteiger partial charge in [0, 0.05) is 0 Å². The third-order valence-corrected chi connectivity index (χ3v) is 2.07. The van der Waals surface area contributed by atoms with Crippen LogP contribution in [0.1, 0.15) is 10.5 Å². The zero-order valence-corrected chi connectivity index (χ0v) is 9.28. The van der Waals surface area contributed by atoms with E-state index in [1.54, 1.807) is 5.32 Å². The maximum absolute atomic E-state index is 11.9. The highest BCUT2D eigenvalue weighted by molar-refractivity contribution is 5.92. The number of amides is 1. The Labute approximate surface area is 104 Å². The van der Waals surface area contributed by atoms with Crippen LogP contribution in [0.2, 0.25) is 0 Å². The van der Waals surface area contributed by atoms with Crippen LogP contribution in [0.15, 0.2) is 17.0 Å². The molecule has 0 aliphatic carbocycles. The molecule has 2 rings (SSSR count). The Morgan fingerprint density at radius 3 is 2.84 bits per heavy atom. The van der Waals surface area contributed by atoms with E-state index < -0.39 is 18.6 Å². The van der Waals surface area contributed by atoms with Gasteiger partial charge in [0.1, 0.15) is 18.5 Å². The minimum Gasteiger partial charge on any atom is -0.442 e. The lowest BCUT2D eigenvalue weighted by molar-refractivity contribution is -0.123. The van der Waals surface area contributed by atoms with E-state index in [-0.39, 0.29) is 23.1 Å². The summed E-state index contributed by atoms with van der Waals surface area (Å²) in [7, 11) is 0. The van der Waals surface area contributed by atoms with Crippen molar-refractivity contribution in [2.45, 2.75) is 6.18 Å². The number of rotatable bonds is 3. The van der Waals surface area contributed by atoms with E-state index in [1.807, 2.05) is 0 Å². The first-order chi connectivity index (χ1) is 8.87. The molecule has 2 heterocycles. The summed E-state index contributed by atoms with van der Waals surface area (Å²) in [5, 5.41) is 1.67. The number of carbonyl (C=O) groups excluding carboxylic acids is 1. The topological polar surface area (TPSA) is 110 Å². The summed E-state index contributed by atoms with van der Waals surface area (Å²) >= 11 is 0. The molecule has 0 fully saturated rings. The highest BCUT2D eigenvalue weighted by Crippen LogP contribution is 2.21. The molecule has 1 amide bonds. The van der Waals surface area contributed by atoms with Crippen molar-refractivity contribution in [2.24, 2.45) is 0 Å². The molecule has 0 saturated heterocycles. The van der Waals surface area contributed by atoms with E-state index in [1.165, 1.54) is 6.33 Å². The summed E-state index contributed by atoms with van der Waals surface area (Å²) in [5.74, 6) is -0.929. The number of aromatic amines is 1. The number of nitrogens with two attached hydrogens (primary N) is 1. The van der Waals surface area contributed by atoms with Crippen molar-refractivity contribution in [3.8, 4) is 11.6 Å². The zero-order valence-electron chi connectivity index (χ0n) is 9.28. The Morgan fingerprint density at radius 1 is 1.53 bits per heavy atom. The zero-order chi connectivity index (χ0) is 14.0. The molecule has 10 heteroatoms. The van der Waals surface area contributed by atoms with Crippen LogP contribution < -0.4 is 11.1 Å². The Hall–Kier alpha value is -2.52. The van der Waals surface area contributed by atoms with Gasteiger partial charge in [-0.25, -0.2) is 9.97 Å². The molecule has 102 valence electrons. The highest BCUT2D eigenvalue weighted by atomic mass is 19.4. The average Bonchev–Trinajstić information content (AvgIpc) is 2.93. The van der Waals surface area contributed by atoms with Crippen LogP contribution in [0.3, 0.4) is 0 Å². The molecule has 2 aromatic heterocycles. The van der Waals surface area contributed by atoms with Crippen LogP contribution in [0.25, 0.3) is 11.6 Å². The fraction of sp³-hybridized carbons (Fsp3) is 0.222. The molecule has 0 bridgehead atoms. The Balaban J connectivity index is 2.09. The lowest BCUT2D eigenvalue weighted by atomic mass is 10.4. The number of imidazole rings is 1. The van der Waals surface area contributed by atoms with Crippen molar-refractivity contribution in [1.82, 2.24) is 20.3 Å². The molecule has 0 radical (unpaired) electrons. The molecule has 0 aliphatic heterocycles. The molecular weight excluding hydrogens is 267 g/mol. The van der Waals surface area contributed by atoms with E-state index in [4.69, 9.17) is 10.2 Å². The van der Waals surface area contributed by atoms with Gasteiger partial charge in [-0.1, -0.05) is 0 Å². The number of H-pyrrole nitrogens is 1. The number of nitrogens with one attached hydrogen (secondary N) is 2. The monoisotopic (exact) mass is 275 g/mol. The van der Waals surface area contributed by atoms with Crippen molar-refractivity contribution in [2.75, 3.05) is 12.3 Å². The van der Waals surface area contributed by atoms with Gasteiger partial charge in [-0.15, -0.1) is 0 Å². The summed E-state index contributed by atoms with van der Waals surface area (Å²) in [6.07, 6.45) is -2.27. The van der Waals surface area contributed by atoms with Gasteiger partial charge < -0.3 is 20.5 Å². The van der Waals surface area contributed by atoms with Crippen LogP contribution in [0.5, 0.6) is 0 Å². The number of anilines is 1. The normalized spacial score (nSPS) is 11.5. The van der Waals surface area contributed by atoms with Crippen LogP contribution in [-0.4, -0.2) is 33.6 Å². The number of oxazole rings is 1. The fourth-order valence-corrected chi connectivity index (χ4v) is 1.24. The van der Waals surface area contributed by atoms with Crippen LogP contribution in [0.4, 0.5) is 19.0 Å². The first kappa shape index (κ1) is 12.9. The van der Waals surface area contributed by atoms with E-state index in [2.05, 4.69) is 15.0 Å². The van der Waals surface area contributed by atoms with E-state index >= 15 is 0 Å². The number of alkyl halides is 3. The smallest absolute Gasteiger partial charge is 0.405 e. The fourth-order valence-electron chi connectivity index (χ4n) is 1.24. The quantitative estimate of drug-likeness (QED) is 0.772. The van der Waals surface area contributed by atoms with E-state index in [9.17, 15) is 18.0 Å². The maximum Gasteiger partial charge on any atom is 0.405 e. The Bertz CT molecular complexity index is 589. The number of carbonyl (C=O) groups is 1. The van der Waals surface area contributed by atoms with Gasteiger partial charge in [0.05, 0.1) is 6.33 Å². The lowest BCUT2D eigenvalue weighted by Gasteiger charge is -2.05. The molecule has 0 aromatic carbocycles. The Kier molecular flexibility index (Phi) is 3.15. The molecule has 0 aliphatic rings. The second-order valence-electron chi connectivity index (χ2n) is 3.50. The van der Waals surface area contributed by atoms with Gasteiger partial charge in [-0.05, 0) is 0 Å². The van der Waals surface area contributed by atoms with Crippen LogP contribution in [0, 0.1) is 0 Å². The minimum absolute atomic E-state index is 0.0350. The number of aromatic nitrogens is 3. The van der Waals surface area contributed by atoms with Crippen molar-refractivity contribution in [3.05, 3.63) is 18.3 Å². The standard InChI is InChI=1S/C9H8F3N5O2/c10-9(11,12)2-14-7(18)4-1-19-8(17-4)5-6(13)16-3-15-5/h1,3H,2,13H2,(H,14,18)(H,15,16). The molecular formula is C9H8F3N5O2. The number of nitrogen functional groups attached to an aromatic ring is 1.